The van der Waals surface area contributed by atoms with E-state index >= 15 is 0 Å². The molecule has 1 aliphatic carbocycles. The highest BCUT2D eigenvalue weighted by Gasteiger charge is 2.19. The van der Waals surface area contributed by atoms with Gasteiger partial charge in [-0.15, -0.1) is 0 Å². The molecule has 0 aliphatic heterocycles. The quantitative estimate of drug-likeness (QED) is 0.635. The molecule has 1 fully saturated rings. The van der Waals surface area contributed by atoms with Crippen molar-refractivity contribution in [1.29, 1.82) is 0 Å². The standard InChI is InChI=1S/C10H20O3/c11-7-1-2-8-13-10-5-3-9(12)4-6-10/h9-12H,1-8H2. The third-order valence-corrected chi connectivity index (χ3v) is 2.55. The van der Waals surface area contributed by atoms with Gasteiger partial charge in [0.25, 0.3) is 0 Å². The summed E-state index contributed by atoms with van der Waals surface area (Å²) in [5, 5.41) is 17.8. The van der Waals surface area contributed by atoms with Crippen LogP contribution in [0.5, 0.6) is 0 Å². The second-order valence-corrected chi connectivity index (χ2v) is 3.73. The Hall–Kier alpha value is -0.120. The van der Waals surface area contributed by atoms with Crippen LogP contribution in [0.1, 0.15) is 38.5 Å². The van der Waals surface area contributed by atoms with Crippen LogP contribution in [-0.2, 0) is 4.74 Å². The number of hydrogen-bond acceptors (Lipinski definition) is 3. The Morgan fingerprint density at radius 1 is 1.08 bits per heavy atom. The monoisotopic (exact) mass is 188 g/mol. The van der Waals surface area contributed by atoms with Crippen LogP contribution in [0.3, 0.4) is 0 Å². The van der Waals surface area contributed by atoms with Crippen LogP contribution >= 0.6 is 0 Å². The van der Waals surface area contributed by atoms with Gasteiger partial charge >= 0.3 is 0 Å². The van der Waals surface area contributed by atoms with Crippen LogP contribution < -0.4 is 0 Å². The Labute approximate surface area is 79.7 Å². The smallest absolute Gasteiger partial charge is 0.0577 e. The van der Waals surface area contributed by atoms with Gasteiger partial charge in [-0.1, -0.05) is 0 Å². The molecule has 3 heteroatoms. The minimum absolute atomic E-state index is 0.0997. The summed E-state index contributed by atoms with van der Waals surface area (Å²) in [5.41, 5.74) is 0. The molecule has 0 unspecified atom stereocenters. The maximum Gasteiger partial charge on any atom is 0.0577 e. The molecule has 3 nitrogen and oxygen atoms in total. The summed E-state index contributed by atoms with van der Waals surface area (Å²) in [6.45, 7) is 1.01. The summed E-state index contributed by atoms with van der Waals surface area (Å²) in [6, 6.07) is 0. The molecule has 13 heavy (non-hydrogen) atoms. The summed E-state index contributed by atoms with van der Waals surface area (Å²) >= 11 is 0. The zero-order chi connectivity index (χ0) is 9.52. The molecule has 0 saturated heterocycles. The average molecular weight is 188 g/mol. The van der Waals surface area contributed by atoms with Crippen LogP contribution in [0, 0.1) is 0 Å². The summed E-state index contributed by atoms with van der Waals surface area (Å²) in [6.07, 6.45) is 5.75. The molecule has 0 amide bonds. The van der Waals surface area contributed by atoms with Gasteiger partial charge < -0.3 is 14.9 Å². The van der Waals surface area contributed by atoms with Gasteiger partial charge in [-0.05, 0) is 38.5 Å². The predicted octanol–water partition coefficient (Wildman–Crippen LogP) is 1.08. The molecule has 78 valence electrons. The van der Waals surface area contributed by atoms with E-state index in [1.54, 1.807) is 0 Å². The fourth-order valence-electron chi connectivity index (χ4n) is 1.68. The summed E-state index contributed by atoms with van der Waals surface area (Å²) in [4.78, 5) is 0. The first-order chi connectivity index (χ1) is 6.33. The van der Waals surface area contributed by atoms with Crippen LogP contribution in [0.25, 0.3) is 0 Å². The lowest BCUT2D eigenvalue weighted by Gasteiger charge is -2.25. The molecule has 0 radical (unpaired) electrons. The number of aliphatic hydroxyl groups excluding tert-OH is 2. The molecule has 0 heterocycles. The average Bonchev–Trinajstić information content (AvgIpc) is 2.15. The van der Waals surface area contributed by atoms with E-state index in [4.69, 9.17) is 9.84 Å². The van der Waals surface area contributed by atoms with Crippen molar-refractivity contribution in [2.45, 2.75) is 50.7 Å². The molecule has 1 aliphatic rings. The molecule has 1 saturated carbocycles. The number of rotatable bonds is 5. The lowest BCUT2D eigenvalue weighted by atomic mass is 9.95. The Bertz CT molecular complexity index is 119. The molecule has 0 aromatic carbocycles. The first kappa shape index (κ1) is 11.0. The maximum absolute atomic E-state index is 9.25. The minimum atomic E-state index is -0.0997. The molecular formula is C10H20O3. The van der Waals surface area contributed by atoms with E-state index in [0.717, 1.165) is 45.1 Å². The highest BCUT2D eigenvalue weighted by molar-refractivity contribution is 4.71. The van der Waals surface area contributed by atoms with Crippen LogP contribution in [-0.4, -0.2) is 35.6 Å². The van der Waals surface area contributed by atoms with Gasteiger partial charge in [-0.3, -0.25) is 0 Å². The van der Waals surface area contributed by atoms with E-state index in [-0.39, 0.29) is 12.7 Å². The van der Waals surface area contributed by atoms with E-state index in [2.05, 4.69) is 0 Å². The topological polar surface area (TPSA) is 49.7 Å². The predicted molar refractivity (Wildman–Crippen MR) is 50.5 cm³/mol. The lowest BCUT2D eigenvalue weighted by Crippen LogP contribution is -2.24. The van der Waals surface area contributed by atoms with Crippen molar-refractivity contribution in [2.75, 3.05) is 13.2 Å². The third-order valence-electron chi connectivity index (χ3n) is 2.55. The molecule has 2 N–H and O–H groups in total. The van der Waals surface area contributed by atoms with Crippen molar-refractivity contribution in [2.24, 2.45) is 0 Å². The van der Waals surface area contributed by atoms with Gasteiger partial charge in [0.15, 0.2) is 0 Å². The van der Waals surface area contributed by atoms with E-state index < -0.39 is 0 Å². The van der Waals surface area contributed by atoms with Crippen molar-refractivity contribution in [3.63, 3.8) is 0 Å². The van der Waals surface area contributed by atoms with Crippen molar-refractivity contribution in [3.8, 4) is 0 Å². The zero-order valence-corrected chi connectivity index (χ0v) is 8.11. The van der Waals surface area contributed by atoms with E-state index in [0.29, 0.717) is 6.10 Å². The number of unbranched alkanes of at least 4 members (excludes halogenated alkanes) is 1. The molecule has 0 aromatic heterocycles. The Morgan fingerprint density at radius 2 is 1.77 bits per heavy atom. The highest BCUT2D eigenvalue weighted by atomic mass is 16.5. The number of ether oxygens (including phenoxy) is 1. The fourth-order valence-corrected chi connectivity index (χ4v) is 1.68. The van der Waals surface area contributed by atoms with Crippen molar-refractivity contribution in [1.82, 2.24) is 0 Å². The van der Waals surface area contributed by atoms with Gasteiger partial charge in [0, 0.05) is 13.2 Å². The first-order valence-corrected chi connectivity index (χ1v) is 5.23. The van der Waals surface area contributed by atoms with E-state index in [1.807, 2.05) is 0 Å². The second kappa shape index (κ2) is 6.35. The normalized spacial score (nSPS) is 29.1. The zero-order valence-electron chi connectivity index (χ0n) is 8.11. The van der Waals surface area contributed by atoms with Crippen molar-refractivity contribution >= 4 is 0 Å². The number of aliphatic hydroxyl groups is 2. The van der Waals surface area contributed by atoms with Gasteiger partial charge in [0.05, 0.1) is 12.2 Å². The molecular weight excluding hydrogens is 168 g/mol. The summed E-state index contributed by atoms with van der Waals surface area (Å²) in [7, 11) is 0. The SMILES string of the molecule is OCCCCOC1CCC(O)CC1. The summed E-state index contributed by atoms with van der Waals surface area (Å²) < 4.78 is 5.61. The molecule has 1 rings (SSSR count). The fraction of sp³-hybridized carbons (Fsp3) is 1.00. The molecule has 0 bridgehead atoms. The Kier molecular flexibility index (Phi) is 5.35. The Morgan fingerprint density at radius 3 is 2.38 bits per heavy atom. The van der Waals surface area contributed by atoms with E-state index in [9.17, 15) is 5.11 Å². The third kappa shape index (κ3) is 4.60. The first-order valence-electron chi connectivity index (χ1n) is 5.23. The maximum atomic E-state index is 9.25. The lowest BCUT2D eigenvalue weighted by molar-refractivity contribution is -0.00521. The Balaban J connectivity index is 1.96. The van der Waals surface area contributed by atoms with E-state index in [1.165, 1.54) is 0 Å². The van der Waals surface area contributed by atoms with Crippen molar-refractivity contribution < 1.29 is 14.9 Å². The largest absolute Gasteiger partial charge is 0.396 e. The molecule has 0 spiro atoms. The number of hydrogen-bond donors (Lipinski definition) is 2. The summed E-state index contributed by atoms with van der Waals surface area (Å²) in [5.74, 6) is 0. The second-order valence-electron chi connectivity index (χ2n) is 3.73. The molecule has 0 atom stereocenters. The van der Waals surface area contributed by atoms with Gasteiger partial charge in [-0.25, -0.2) is 0 Å². The molecule has 0 aromatic rings. The highest BCUT2D eigenvalue weighted by Crippen LogP contribution is 2.20. The minimum Gasteiger partial charge on any atom is -0.396 e. The van der Waals surface area contributed by atoms with Gasteiger partial charge in [0.2, 0.25) is 0 Å². The van der Waals surface area contributed by atoms with Crippen molar-refractivity contribution in [3.05, 3.63) is 0 Å². The van der Waals surface area contributed by atoms with Crippen LogP contribution in [0.2, 0.25) is 0 Å². The van der Waals surface area contributed by atoms with Gasteiger partial charge in [0.1, 0.15) is 0 Å². The van der Waals surface area contributed by atoms with Gasteiger partial charge in [-0.2, -0.15) is 0 Å². The van der Waals surface area contributed by atoms with Crippen LogP contribution in [0.4, 0.5) is 0 Å². The van der Waals surface area contributed by atoms with Crippen LogP contribution in [0.15, 0.2) is 0 Å².